The molecule has 6 heteroatoms. The average Bonchev–Trinajstić information content (AvgIpc) is 2.81. The minimum absolute atomic E-state index is 0.202. The van der Waals surface area contributed by atoms with Crippen molar-refractivity contribution in [3.63, 3.8) is 0 Å². The summed E-state index contributed by atoms with van der Waals surface area (Å²) in [5, 5.41) is 11.2. The summed E-state index contributed by atoms with van der Waals surface area (Å²) in [4.78, 5) is 4.62. The third-order valence-electron chi connectivity index (χ3n) is 4.46. The van der Waals surface area contributed by atoms with Gasteiger partial charge in [0.25, 0.3) is 0 Å². The van der Waals surface area contributed by atoms with Crippen LogP contribution in [0.1, 0.15) is 36.4 Å². The van der Waals surface area contributed by atoms with Crippen molar-refractivity contribution in [1.82, 2.24) is 20.4 Å². The van der Waals surface area contributed by atoms with Crippen LogP contribution in [-0.2, 0) is 19.9 Å². The van der Waals surface area contributed by atoms with Crippen LogP contribution in [0.4, 0.5) is 4.39 Å². The number of nitrogens with zero attached hydrogens (tertiary/aromatic N) is 3. The van der Waals surface area contributed by atoms with Gasteiger partial charge in [-0.05, 0) is 63.8 Å². The Kier molecular flexibility index (Phi) is 7.18. The molecule has 0 aliphatic heterocycles. The first kappa shape index (κ1) is 19.9. The molecule has 26 heavy (non-hydrogen) atoms. The van der Waals surface area contributed by atoms with Gasteiger partial charge in [-0.2, -0.15) is 5.10 Å². The van der Waals surface area contributed by atoms with E-state index < -0.39 is 0 Å². The number of aliphatic imine (C=N–C) groups is 1. The third kappa shape index (κ3) is 5.58. The van der Waals surface area contributed by atoms with Crippen LogP contribution in [0.15, 0.2) is 29.3 Å². The Labute approximate surface area is 155 Å². The Bertz CT molecular complexity index is 751. The lowest BCUT2D eigenvalue weighted by atomic mass is 10.1. The number of benzene rings is 1. The monoisotopic (exact) mass is 359 g/mol. The fourth-order valence-corrected chi connectivity index (χ4v) is 3.01. The Balaban J connectivity index is 1.95. The van der Waals surface area contributed by atoms with Crippen molar-refractivity contribution in [2.45, 2.75) is 46.6 Å². The molecule has 0 saturated heterocycles. The Hall–Kier alpha value is -2.37. The molecule has 0 aliphatic rings. The zero-order chi connectivity index (χ0) is 19.1. The van der Waals surface area contributed by atoms with Gasteiger partial charge < -0.3 is 10.6 Å². The first-order valence-electron chi connectivity index (χ1n) is 9.19. The van der Waals surface area contributed by atoms with Gasteiger partial charge in [-0.25, -0.2) is 4.39 Å². The number of hydrogen-bond acceptors (Lipinski definition) is 2. The number of nitrogens with one attached hydrogen (secondary N) is 2. The molecule has 0 saturated carbocycles. The maximum absolute atomic E-state index is 13.3. The lowest BCUT2D eigenvalue weighted by Gasteiger charge is -2.18. The summed E-state index contributed by atoms with van der Waals surface area (Å²) in [6, 6.07) is 6.91. The Morgan fingerprint density at radius 1 is 1.35 bits per heavy atom. The van der Waals surface area contributed by atoms with Gasteiger partial charge in [0.2, 0.25) is 0 Å². The highest BCUT2D eigenvalue weighted by Gasteiger charge is 2.13. The number of rotatable bonds is 7. The maximum atomic E-state index is 13.3. The SMILES string of the molecule is CCNC(=NCCc1cccc(F)c1)NC(C)Cc1c(C)nn(C)c1C. The van der Waals surface area contributed by atoms with Crippen LogP contribution in [0, 0.1) is 19.7 Å². The van der Waals surface area contributed by atoms with Gasteiger partial charge in [-0.3, -0.25) is 9.67 Å². The molecule has 0 spiro atoms. The molecular formula is C20H30FN5. The molecule has 0 aliphatic carbocycles. The fraction of sp³-hybridized carbons (Fsp3) is 0.500. The number of aromatic nitrogens is 2. The van der Waals surface area contributed by atoms with E-state index >= 15 is 0 Å². The maximum Gasteiger partial charge on any atom is 0.191 e. The molecule has 1 unspecified atom stereocenters. The molecule has 2 rings (SSSR count). The largest absolute Gasteiger partial charge is 0.357 e. The lowest BCUT2D eigenvalue weighted by molar-refractivity contribution is 0.625. The molecule has 1 aromatic carbocycles. The van der Waals surface area contributed by atoms with Gasteiger partial charge in [0.1, 0.15) is 5.82 Å². The molecular weight excluding hydrogens is 329 g/mol. The van der Waals surface area contributed by atoms with E-state index in [1.807, 2.05) is 31.6 Å². The minimum atomic E-state index is -0.202. The first-order chi connectivity index (χ1) is 12.4. The topological polar surface area (TPSA) is 54.2 Å². The summed E-state index contributed by atoms with van der Waals surface area (Å²) in [6.45, 7) is 9.74. The molecule has 0 bridgehead atoms. The highest BCUT2D eigenvalue weighted by atomic mass is 19.1. The summed E-state index contributed by atoms with van der Waals surface area (Å²) < 4.78 is 15.2. The smallest absolute Gasteiger partial charge is 0.191 e. The number of aryl methyl sites for hydroxylation is 2. The van der Waals surface area contributed by atoms with E-state index in [2.05, 4.69) is 34.6 Å². The highest BCUT2D eigenvalue weighted by Crippen LogP contribution is 2.14. The predicted molar refractivity (Wildman–Crippen MR) is 105 cm³/mol. The van der Waals surface area contributed by atoms with Gasteiger partial charge in [0.15, 0.2) is 5.96 Å². The van der Waals surface area contributed by atoms with Crippen molar-refractivity contribution in [1.29, 1.82) is 0 Å². The van der Waals surface area contributed by atoms with Crippen LogP contribution in [-0.4, -0.2) is 34.9 Å². The van der Waals surface area contributed by atoms with Gasteiger partial charge in [0, 0.05) is 31.9 Å². The Morgan fingerprint density at radius 2 is 2.12 bits per heavy atom. The number of hydrogen-bond donors (Lipinski definition) is 2. The predicted octanol–water partition coefficient (Wildman–Crippen LogP) is 2.90. The summed E-state index contributed by atoms with van der Waals surface area (Å²) in [6.07, 6.45) is 1.60. The van der Waals surface area contributed by atoms with Crippen LogP contribution in [0.5, 0.6) is 0 Å². The van der Waals surface area contributed by atoms with E-state index in [1.165, 1.54) is 17.3 Å². The normalized spacial score (nSPS) is 12.9. The zero-order valence-corrected chi connectivity index (χ0v) is 16.4. The number of guanidine groups is 1. The quantitative estimate of drug-likeness (QED) is 0.590. The molecule has 0 fully saturated rings. The molecule has 1 aromatic heterocycles. The van der Waals surface area contributed by atoms with Crippen LogP contribution in [0.2, 0.25) is 0 Å². The summed E-state index contributed by atoms with van der Waals surface area (Å²) in [7, 11) is 1.97. The second kappa shape index (κ2) is 9.36. The standard InChI is InChI=1S/C20H30FN5/c1-6-22-20(23-11-10-17-8-7-9-18(21)13-17)24-14(2)12-19-15(3)25-26(5)16(19)4/h7-9,13-14H,6,10-12H2,1-5H3,(H2,22,23,24). The molecule has 2 N–H and O–H groups in total. The van der Waals surface area contributed by atoms with E-state index in [0.717, 1.165) is 30.2 Å². The van der Waals surface area contributed by atoms with E-state index in [0.29, 0.717) is 13.0 Å². The van der Waals surface area contributed by atoms with E-state index in [9.17, 15) is 4.39 Å². The van der Waals surface area contributed by atoms with Crippen molar-refractivity contribution in [2.75, 3.05) is 13.1 Å². The molecule has 142 valence electrons. The van der Waals surface area contributed by atoms with Gasteiger partial charge in [0.05, 0.1) is 5.69 Å². The van der Waals surface area contributed by atoms with E-state index in [1.54, 1.807) is 12.1 Å². The molecule has 0 radical (unpaired) electrons. The lowest BCUT2D eigenvalue weighted by Crippen LogP contribution is -2.43. The van der Waals surface area contributed by atoms with E-state index in [-0.39, 0.29) is 11.9 Å². The van der Waals surface area contributed by atoms with Crippen LogP contribution >= 0.6 is 0 Å². The first-order valence-corrected chi connectivity index (χ1v) is 9.19. The van der Waals surface area contributed by atoms with E-state index in [4.69, 9.17) is 0 Å². The molecule has 1 atom stereocenters. The highest BCUT2D eigenvalue weighted by molar-refractivity contribution is 5.80. The van der Waals surface area contributed by atoms with Crippen molar-refractivity contribution in [3.05, 3.63) is 52.6 Å². The van der Waals surface area contributed by atoms with Gasteiger partial charge in [-0.1, -0.05) is 12.1 Å². The van der Waals surface area contributed by atoms with Crippen LogP contribution in [0.25, 0.3) is 0 Å². The van der Waals surface area contributed by atoms with Crippen molar-refractivity contribution >= 4 is 5.96 Å². The van der Waals surface area contributed by atoms with Crippen molar-refractivity contribution in [3.8, 4) is 0 Å². The molecule has 5 nitrogen and oxygen atoms in total. The molecule has 2 aromatic rings. The average molecular weight is 359 g/mol. The summed E-state index contributed by atoms with van der Waals surface area (Å²) in [5.41, 5.74) is 4.51. The Morgan fingerprint density at radius 3 is 2.73 bits per heavy atom. The third-order valence-corrected chi connectivity index (χ3v) is 4.46. The van der Waals surface area contributed by atoms with Crippen LogP contribution < -0.4 is 10.6 Å². The second-order valence-corrected chi connectivity index (χ2v) is 6.66. The zero-order valence-electron chi connectivity index (χ0n) is 16.4. The fourth-order valence-electron chi connectivity index (χ4n) is 3.01. The second-order valence-electron chi connectivity index (χ2n) is 6.66. The van der Waals surface area contributed by atoms with Crippen molar-refractivity contribution in [2.24, 2.45) is 12.0 Å². The van der Waals surface area contributed by atoms with Gasteiger partial charge in [-0.15, -0.1) is 0 Å². The van der Waals surface area contributed by atoms with Crippen molar-refractivity contribution < 1.29 is 4.39 Å². The molecule has 1 heterocycles. The van der Waals surface area contributed by atoms with Gasteiger partial charge >= 0.3 is 0 Å². The summed E-state index contributed by atoms with van der Waals surface area (Å²) in [5.74, 6) is 0.586. The van der Waals surface area contributed by atoms with Crippen LogP contribution in [0.3, 0.4) is 0 Å². The number of halogens is 1. The minimum Gasteiger partial charge on any atom is -0.357 e. The summed E-state index contributed by atoms with van der Waals surface area (Å²) >= 11 is 0. The molecule has 0 amide bonds.